The van der Waals surface area contributed by atoms with Gasteiger partial charge in [0.05, 0.1) is 5.69 Å². The van der Waals surface area contributed by atoms with E-state index in [1.54, 1.807) is 0 Å². The maximum atomic E-state index is 6.65. The van der Waals surface area contributed by atoms with Crippen molar-refractivity contribution in [3.8, 4) is 33.4 Å². The van der Waals surface area contributed by atoms with E-state index in [4.69, 9.17) is 4.42 Å². The van der Waals surface area contributed by atoms with Gasteiger partial charge in [0.2, 0.25) is 0 Å². The van der Waals surface area contributed by atoms with E-state index >= 15 is 0 Å². The Morgan fingerprint density at radius 1 is 0.321 bits per heavy atom. The lowest BCUT2D eigenvalue weighted by molar-refractivity contribution is 0.673. The molecule has 0 aliphatic carbocycles. The summed E-state index contributed by atoms with van der Waals surface area (Å²) in [4.78, 5) is 2.39. The Labute approximate surface area is 325 Å². The predicted molar refractivity (Wildman–Crippen MR) is 237 cm³/mol. The summed E-state index contributed by atoms with van der Waals surface area (Å²) in [5.74, 6) is 0. The van der Waals surface area contributed by atoms with E-state index in [0.717, 1.165) is 60.9 Å². The minimum Gasteiger partial charge on any atom is -0.455 e. The Bertz CT molecular complexity index is 3120. The molecule has 0 saturated heterocycles. The lowest BCUT2D eigenvalue weighted by Gasteiger charge is -2.28. The molecule has 0 aliphatic heterocycles. The molecule has 2 heteroatoms. The first-order valence-corrected chi connectivity index (χ1v) is 19.2. The van der Waals surface area contributed by atoms with Crippen LogP contribution in [0.3, 0.4) is 0 Å². The summed E-state index contributed by atoms with van der Waals surface area (Å²) in [7, 11) is 0. The summed E-state index contributed by atoms with van der Waals surface area (Å²) in [6.45, 7) is 0. The van der Waals surface area contributed by atoms with E-state index < -0.39 is 0 Å². The minimum atomic E-state index is 0.901. The fraction of sp³-hybridized carbons (Fsp3) is 0. The monoisotopic (exact) mass is 713 g/mol. The van der Waals surface area contributed by atoms with Crippen molar-refractivity contribution >= 4 is 71.3 Å². The summed E-state index contributed by atoms with van der Waals surface area (Å²) in [6, 6.07) is 76.5. The summed E-state index contributed by atoms with van der Waals surface area (Å²) in [6.07, 6.45) is 0. The highest BCUT2D eigenvalue weighted by molar-refractivity contribution is 6.19. The van der Waals surface area contributed by atoms with Crippen molar-refractivity contribution in [1.82, 2.24) is 0 Å². The molecule has 2 nitrogen and oxygen atoms in total. The van der Waals surface area contributed by atoms with Gasteiger partial charge in [-0.15, -0.1) is 0 Å². The van der Waals surface area contributed by atoms with E-state index in [1.165, 1.54) is 43.8 Å². The number of hydrogen-bond acceptors (Lipinski definition) is 2. The van der Waals surface area contributed by atoms with Gasteiger partial charge in [-0.25, -0.2) is 0 Å². The molecule has 0 saturated carbocycles. The SMILES string of the molecule is c1ccc(N(c2ccc(-c3ccc4ccccc4c3)cc2)c2ccc(-c3ccc4ccccc4c3)cc2)c(-c2cccc3ccc4c5ccccc5oc4c23)c1. The van der Waals surface area contributed by atoms with E-state index in [9.17, 15) is 0 Å². The maximum Gasteiger partial charge on any atom is 0.143 e. The van der Waals surface area contributed by atoms with Gasteiger partial charge in [0.15, 0.2) is 0 Å². The number of furan rings is 1. The normalized spacial score (nSPS) is 11.6. The lowest BCUT2D eigenvalue weighted by Crippen LogP contribution is -2.11. The first kappa shape index (κ1) is 32.0. The molecule has 1 aromatic heterocycles. The highest BCUT2D eigenvalue weighted by Crippen LogP contribution is 2.46. The van der Waals surface area contributed by atoms with Crippen LogP contribution in [-0.2, 0) is 0 Å². The van der Waals surface area contributed by atoms with E-state index in [2.05, 4.69) is 211 Å². The van der Waals surface area contributed by atoms with Gasteiger partial charge < -0.3 is 9.32 Å². The second-order valence-corrected chi connectivity index (χ2v) is 14.5. The number of fused-ring (bicyclic) bond motifs is 7. The van der Waals surface area contributed by atoms with Crippen molar-refractivity contribution in [1.29, 1.82) is 0 Å². The third-order valence-electron chi connectivity index (χ3n) is 11.2. The molecule has 0 atom stereocenters. The third-order valence-corrected chi connectivity index (χ3v) is 11.2. The van der Waals surface area contributed by atoms with E-state index in [1.807, 2.05) is 6.07 Å². The van der Waals surface area contributed by atoms with Gasteiger partial charge in [-0.05, 0) is 109 Å². The molecule has 0 radical (unpaired) electrons. The quantitative estimate of drug-likeness (QED) is 0.171. The Hall–Kier alpha value is -7.42. The standard InChI is InChI=1S/C54H35NO/c1-3-12-41-34-43(22-20-36(41)10-1)38-24-29-45(30-25-38)55(46-31-26-39(27-32-46)44-23-21-37-11-2-4-13-42(37)35-44)51-18-7-5-15-47(51)49-17-9-14-40-28-33-50-48-16-6-8-19-52(48)56-54(50)53(40)49/h1-35H. The van der Waals surface area contributed by atoms with Crippen LogP contribution in [0.5, 0.6) is 0 Å². The number of nitrogens with zero attached hydrogens (tertiary/aromatic N) is 1. The van der Waals surface area contributed by atoms with Gasteiger partial charge >= 0.3 is 0 Å². The number of rotatable bonds is 6. The molecule has 0 unspecified atom stereocenters. The van der Waals surface area contributed by atoms with Crippen molar-refractivity contribution in [3.05, 3.63) is 212 Å². The van der Waals surface area contributed by atoms with Gasteiger partial charge in [0.25, 0.3) is 0 Å². The van der Waals surface area contributed by atoms with Gasteiger partial charge in [-0.3, -0.25) is 0 Å². The summed E-state index contributed by atoms with van der Waals surface area (Å²) in [5, 5.41) is 9.50. The highest BCUT2D eigenvalue weighted by Gasteiger charge is 2.21. The Morgan fingerprint density at radius 2 is 0.821 bits per heavy atom. The van der Waals surface area contributed by atoms with E-state index in [0.29, 0.717) is 0 Å². The van der Waals surface area contributed by atoms with Crippen LogP contribution in [0.25, 0.3) is 87.6 Å². The van der Waals surface area contributed by atoms with Gasteiger partial charge in [0.1, 0.15) is 11.2 Å². The first-order valence-electron chi connectivity index (χ1n) is 19.2. The predicted octanol–water partition coefficient (Wildman–Crippen LogP) is 15.5. The molecular formula is C54H35NO. The smallest absolute Gasteiger partial charge is 0.143 e. The number of hydrogen-bond donors (Lipinski definition) is 0. The zero-order valence-corrected chi connectivity index (χ0v) is 30.6. The van der Waals surface area contributed by atoms with Gasteiger partial charge in [-0.2, -0.15) is 0 Å². The molecule has 11 rings (SSSR count). The number of benzene rings is 10. The van der Waals surface area contributed by atoms with Gasteiger partial charge in [-0.1, -0.05) is 158 Å². The third kappa shape index (κ3) is 5.42. The highest BCUT2D eigenvalue weighted by atomic mass is 16.3. The zero-order valence-electron chi connectivity index (χ0n) is 30.6. The van der Waals surface area contributed by atoms with Crippen LogP contribution in [0.15, 0.2) is 217 Å². The minimum absolute atomic E-state index is 0.901. The summed E-state index contributed by atoms with van der Waals surface area (Å²) in [5.41, 5.74) is 12.1. The van der Waals surface area contributed by atoms with Crippen LogP contribution in [0.4, 0.5) is 17.1 Å². The average Bonchev–Trinajstić information content (AvgIpc) is 3.66. The molecule has 0 N–H and O–H groups in total. The Morgan fingerprint density at radius 3 is 1.48 bits per heavy atom. The topological polar surface area (TPSA) is 16.4 Å². The molecule has 0 fully saturated rings. The Kier molecular flexibility index (Phi) is 7.53. The van der Waals surface area contributed by atoms with Crippen LogP contribution in [0.2, 0.25) is 0 Å². The molecule has 262 valence electrons. The summed E-state index contributed by atoms with van der Waals surface area (Å²) < 4.78 is 6.65. The van der Waals surface area contributed by atoms with Crippen molar-refractivity contribution in [2.24, 2.45) is 0 Å². The maximum absolute atomic E-state index is 6.65. The molecule has 11 aromatic rings. The molecule has 0 bridgehead atoms. The second-order valence-electron chi connectivity index (χ2n) is 14.5. The molecule has 0 amide bonds. The van der Waals surface area contributed by atoms with Crippen LogP contribution in [0, 0.1) is 0 Å². The van der Waals surface area contributed by atoms with Crippen LogP contribution >= 0.6 is 0 Å². The molecule has 10 aromatic carbocycles. The summed E-state index contributed by atoms with van der Waals surface area (Å²) >= 11 is 0. The molecule has 0 aliphatic rings. The molecule has 0 spiro atoms. The second kappa shape index (κ2) is 13.2. The van der Waals surface area contributed by atoms with Crippen LogP contribution in [0.1, 0.15) is 0 Å². The van der Waals surface area contributed by atoms with Crippen molar-refractivity contribution in [2.45, 2.75) is 0 Å². The van der Waals surface area contributed by atoms with E-state index in [-0.39, 0.29) is 0 Å². The van der Waals surface area contributed by atoms with Crippen molar-refractivity contribution in [3.63, 3.8) is 0 Å². The average molecular weight is 714 g/mol. The fourth-order valence-electron chi connectivity index (χ4n) is 8.44. The number of anilines is 3. The van der Waals surface area contributed by atoms with Crippen LogP contribution in [-0.4, -0.2) is 0 Å². The number of para-hydroxylation sites is 2. The van der Waals surface area contributed by atoms with Crippen molar-refractivity contribution in [2.75, 3.05) is 4.90 Å². The molecular weight excluding hydrogens is 679 g/mol. The molecule has 56 heavy (non-hydrogen) atoms. The van der Waals surface area contributed by atoms with Crippen molar-refractivity contribution < 1.29 is 4.42 Å². The zero-order chi connectivity index (χ0) is 37.0. The molecule has 1 heterocycles. The largest absolute Gasteiger partial charge is 0.455 e. The Balaban J connectivity index is 1.08. The fourth-order valence-corrected chi connectivity index (χ4v) is 8.44. The van der Waals surface area contributed by atoms with Gasteiger partial charge in [0, 0.05) is 33.1 Å². The lowest BCUT2D eigenvalue weighted by atomic mass is 9.94. The van der Waals surface area contributed by atoms with Crippen LogP contribution < -0.4 is 4.90 Å². The first-order chi connectivity index (χ1) is 27.7.